The van der Waals surface area contributed by atoms with Crippen molar-refractivity contribution in [3.05, 3.63) is 0 Å². The first-order valence-corrected chi connectivity index (χ1v) is 2.35. The zero-order valence-corrected chi connectivity index (χ0v) is 5.56. The molecule has 0 saturated carbocycles. The predicted octanol–water partition coefficient (Wildman–Crippen LogP) is 0.296. The second kappa shape index (κ2) is 2.28. The third-order valence-electron chi connectivity index (χ3n) is 0.516. The summed E-state index contributed by atoms with van der Waals surface area (Å²) in [6.07, 6.45) is 0. The van der Waals surface area contributed by atoms with E-state index in [9.17, 15) is 0 Å². The molecule has 0 saturated heterocycles. The molecular weight excluding hydrogens is 90.1 g/mol. The fourth-order valence-electron chi connectivity index (χ4n) is 0.387. The van der Waals surface area contributed by atoms with Gasteiger partial charge >= 0.3 is 0 Å². The molecule has 0 radical (unpaired) electrons. The number of nitrogens with zero attached hydrogens (tertiary/aromatic N) is 1. The van der Waals surface area contributed by atoms with E-state index in [4.69, 9.17) is 4.74 Å². The van der Waals surface area contributed by atoms with Gasteiger partial charge in [-0.2, -0.15) is 0 Å². The first-order chi connectivity index (χ1) is 3.06. The maximum Gasteiger partial charge on any atom is 0.182 e. The Morgan fingerprint density at radius 1 is 1.29 bits per heavy atom. The Labute approximate surface area is 45.3 Å². The lowest BCUT2D eigenvalue weighted by Crippen LogP contribution is -2.35. The number of methoxy groups -OCH3 is 1. The highest BCUT2D eigenvalue weighted by atomic mass is 16.5. The molecule has 0 N–H and O–H groups in total. The van der Waals surface area contributed by atoms with Crippen LogP contribution < -0.4 is 0 Å². The van der Waals surface area contributed by atoms with Gasteiger partial charge in [0.1, 0.15) is 0 Å². The van der Waals surface area contributed by atoms with Crippen LogP contribution in [0, 0.1) is 0 Å². The Morgan fingerprint density at radius 2 is 1.71 bits per heavy atom. The van der Waals surface area contributed by atoms with Crippen molar-refractivity contribution in [3.63, 3.8) is 0 Å². The first-order valence-electron chi connectivity index (χ1n) is 2.35. The minimum Gasteiger partial charge on any atom is -0.335 e. The van der Waals surface area contributed by atoms with Gasteiger partial charge in [0, 0.05) is 7.11 Å². The van der Waals surface area contributed by atoms with Gasteiger partial charge in [0.05, 0.1) is 21.1 Å². The van der Waals surface area contributed by atoms with Crippen LogP contribution in [-0.4, -0.2) is 39.5 Å². The molecule has 0 aromatic rings. The van der Waals surface area contributed by atoms with Gasteiger partial charge in [-0.25, -0.2) is 0 Å². The largest absolute Gasteiger partial charge is 0.335 e. The Balaban J connectivity index is 3.15. The van der Waals surface area contributed by atoms with Crippen LogP contribution in [0.5, 0.6) is 0 Å². The van der Waals surface area contributed by atoms with E-state index in [0.717, 1.165) is 11.2 Å². The molecule has 2 heteroatoms. The third-order valence-corrected chi connectivity index (χ3v) is 0.516. The summed E-state index contributed by atoms with van der Waals surface area (Å²) in [6, 6.07) is 0. The minimum atomic E-state index is 0.778. The standard InChI is InChI=1S/C5H14NO/c1-6(2,3)5-7-4/h5H2,1-4H3/q+1. The Hall–Kier alpha value is -0.0800. The predicted molar refractivity (Wildman–Crippen MR) is 29.9 cm³/mol. The Kier molecular flexibility index (Phi) is 2.26. The summed E-state index contributed by atoms with van der Waals surface area (Å²) in [5.74, 6) is 0. The van der Waals surface area contributed by atoms with Gasteiger partial charge in [-0.05, 0) is 0 Å². The van der Waals surface area contributed by atoms with Crippen LogP contribution >= 0.6 is 0 Å². The van der Waals surface area contributed by atoms with Crippen LogP contribution in [0.1, 0.15) is 0 Å². The van der Waals surface area contributed by atoms with Crippen molar-refractivity contribution in [1.29, 1.82) is 0 Å². The zero-order valence-electron chi connectivity index (χ0n) is 5.56. The second-order valence-electron chi connectivity index (χ2n) is 2.71. The van der Waals surface area contributed by atoms with E-state index in [2.05, 4.69) is 21.1 Å². The average Bonchev–Trinajstić information content (AvgIpc) is 1.30. The quantitative estimate of drug-likeness (QED) is 0.361. The van der Waals surface area contributed by atoms with Gasteiger partial charge in [-0.1, -0.05) is 0 Å². The number of hydrogen-bond donors (Lipinski definition) is 0. The lowest BCUT2D eigenvalue weighted by atomic mass is 10.7. The first kappa shape index (κ1) is 6.92. The normalized spacial score (nSPS) is 12.0. The molecule has 0 rings (SSSR count). The van der Waals surface area contributed by atoms with Crippen LogP contribution in [0.3, 0.4) is 0 Å². The maximum atomic E-state index is 4.88. The minimum absolute atomic E-state index is 0.778. The molecule has 0 aliphatic carbocycles. The monoisotopic (exact) mass is 104 g/mol. The van der Waals surface area contributed by atoms with Crippen molar-refractivity contribution in [1.82, 2.24) is 0 Å². The molecule has 0 aromatic heterocycles. The number of ether oxygens (including phenoxy) is 1. The van der Waals surface area contributed by atoms with Crippen molar-refractivity contribution in [2.45, 2.75) is 0 Å². The van der Waals surface area contributed by atoms with Crippen LogP contribution in [0.25, 0.3) is 0 Å². The molecule has 7 heavy (non-hydrogen) atoms. The van der Waals surface area contributed by atoms with Crippen LogP contribution in [-0.2, 0) is 4.74 Å². The lowest BCUT2D eigenvalue weighted by Gasteiger charge is -2.21. The molecule has 0 fully saturated rings. The van der Waals surface area contributed by atoms with E-state index in [-0.39, 0.29) is 0 Å². The topological polar surface area (TPSA) is 9.23 Å². The number of rotatable bonds is 2. The van der Waals surface area contributed by atoms with Crippen LogP contribution in [0.2, 0.25) is 0 Å². The second-order valence-corrected chi connectivity index (χ2v) is 2.71. The van der Waals surface area contributed by atoms with E-state index in [1.54, 1.807) is 7.11 Å². The van der Waals surface area contributed by atoms with Crippen molar-refractivity contribution < 1.29 is 9.22 Å². The highest BCUT2D eigenvalue weighted by Crippen LogP contribution is 1.86. The molecule has 0 aliphatic heterocycles. The fourth-order valence-corrected chi connectivity index (χ4v) is 0.387. The van der Waals surface area contributed by atoms with Gasteiger partial charge in [-0.3, -0.25) is 0 Å². The van der Waals surface area contributed by atoms with E-state index >= 15 is 0 Å². The molecule has 0 amide bonds. The van der Waals surface area contributed by atoms with Crippen molar-refractivity contribution in [2.75, 3.05) is 35.0 Å². The molecule has 0 spiro atoms. The van der Waals surface area contributed by atoms with E-state index in [0.29, 0.717) is 0 Å². The van der Waals surface area contributed by atoms with Gasteiger partial charge in [0.25, 0.3) is 0 Å². The summed E-state index contributed by atoms with van der Waals surface area (Å²) in [5, 5.41) is 0. The Bertz CT molecular complexity index is 46.5. The summed E-state index contributed by atoms with van der Waals surface area (Å²) in [5.41, 5.74) is 0. The molecule has 0 aromatic carbocycles. The Morgan fingerprint density at radius 3 is 1.71 bits per heavy atom. The average molecular weight is 104 g/mol. The number of hydrogen-bond acceptors (Lipinski definition) is 1. The summed E-state index contributed by atoms with van der Waals surface area (Å²) >= 11 is 0. The van der Waals surface area contributed by atoms with Crippen molar-refractivity contribution in [2.24, 2.45) is 0 Å². The summed E-state index contributed by atoms with van der Waals surface area (Å²) in [7, 11) is 7.97. The molecule has 2 nitrogen and oxygen atoms in total. The highest BCUT2D eigenvalue weighted by molar-refractivity contribution is 4.00. The van der Waals surface area contributed by atoms with Crippen LogP contribution in [0.15, 0.2) is 0 Å². The van der Waals surface area contributed by atoms with Gasteiger partial charge in [0.2, 0.25) is 0 Å². The zero-order chi connectivity index (χ0) is 5.91. The maximum absolute atomic E-state index is 4.88. The molecule has 44 valence electrons. The molecule has 0 bridgehead atoms. The van der Waals surface area contributed by atoms with Gasteiger partial charge in [-0.15, -0.1) is 0 Å². The molecular formula is C5H14NO+. The lowest BCUT2D eigenvalue weighted by molar-refractivity contribution is -0.890. The van der Waals surface area contributed by atoms with E-state index in [1.165, 1.54) is 0 Å². The molecule has 0 aliphatic rings. The summed E-state index contributed by atoms with van der Waals surface area (Å²) in [4.78, 5) is 0. The van der Waals surface area contributed by atoms with Crippen molar-refractivity contribution in [3.8, 4) is 0 Å². The summed E-state index contributed by atoms with van der Waals surface area (Å²) < 4.78 is 5.75. The van der Waals surface area contributed by atoms with Gasteiger partial charge < -0.3 is 9.22 Å². The molecule has 0 heterocycles. The highest BCUT2D eigenvalue weighted by Gasteiger charge is 2.02. The summed E-state index contributed by atoms with van der Waals surface area (Å²) in [6.45, 7) is 0.778. The third kappa shape index (κ3) is 5.92. The molecule has 0 unspecified atom stereocenters. The van der Waals surface area contributed by atoms with Gasteiger partial charge in [0.15, 0.2) is 6.73 Å². The van der Waals surface area contributed by atoms with E-state index in [1.807, 2.05) is 0 Å². The SMILES string of the molecule is COC[N+](C)(C)C. The van der Waals surface area contributed by atoms with Crippen molar-refractivity contribution >= 4 is 0 Å². The molecule has 0 atom stereocenters. The van der Waals surface area contributed by atoms with Crippen LogP contribution in [0.4, 0.5) is 0 Å². The van der Waals surface area contributed by atoms with E-state index < -0.39 is 0 Å². The smallest absolute Gasteiger partial charge is 0.182 e. The number of quaternary nitrogens is 1. The fraction of sp³-hybridized carbons (Fsp3) is 1.00.